The average molecular weight is 478 g/mol. The molecule has 8 heteroatoms. The molecule has 1 amide bonds. The van der Waals surface area contributed by atoms with Crippen molar-refractivity contribution in [1.82, 2.24) is 5.43 Å². The lowest BCUT2D eigenvalue weighted by Crippen LogP contribution is -2.17. The number of aryl methyl sites for hydroxylation is 1. The van der Waals surface area contributed by atoms with Gasteiger partial charge in [0.1, 0.15) is 12.4 Å². The number of benzene rings is 2. The molecular formula is C21H18BrClN2O4. The highest BCUT2D eigenvalue weighted by atomic mass is 79.9. The maximum Gasteiger partial charge on any atom is 0.274 e. The van der Waals surface area contributed by atoms with Crippen LogP contribution in [0.4, 0.5) is 0 Å². The normalized spacial score (nSPS) is 10.9. The lowest BCUT2D eigenvalue weighted by Gasteiger charge is -2.14. The molecule has 1 N–H and O–H groups in total. The number of carbonyl (C=O) groups is 1. The molecule has 1 aromatic heterocycles. The molecule has 0 aliphatic carbocycles. The number of halogens is 2. The monoisotopic (exact) mass is 476 g/mol. The average Bonchev–Trinajstić information content (AvgIpc) is 3.14. The summed E-state index contributed by atoms with van der Waals surface area (Å²) < 4.78 is 17.1. The van der Waals surface area contributed by atoms with Crippen LogP contribution in [0.5, 0.6) is 11.5 Å². The van der Waals surface area contributed by atoms with Crippen molar-refractivity contribution in [3.63, 3.8) is 0 Å². The number of methoxy groups -OCH3 is 1. The highest BCUT2D eigenvalue weighted by Crippen LogP contribution is 2.37. The zero-order valence-corrected chi connectivity index (χ0v) is 18.1. The predicted molar refractivity (Wildman–Crippen MR) is 115 cm³/mol. The van der Waals surface area contributed by atoms with Crippen molar-refractivity contribution in [2.45, 2.75) is 13.5 Å². The lowest BCUT2D eigenvalue weighted by molar-refractivity contribution is 0.0953. The summed E-state index contributed by atoms with van der Waals surface area (Å²) in [5, 5.41) is 4.62. The van der Waals surface area contributed by atoms with Crippen LogP contribution >= 0.6 is 27.5 Å². The number of carbonyl (C=O) groups excluding carboxylic acids is 1. The molecule has 1 heterocycles. The van der Waals surface area contributed by atoms with Gasteiger partial charge in [-0.05, 0) is 52.7 Å². The fraction of sp³-hybridized carbons (Fsp3) is 0.143. The van der Waals surface area contributed by atoms with Gasteiger partial charge in [0.15, 0.2) is 11.5 Å². The van der Waals surface area contributed by atoms with Gasteiger partial charge in [0.2, 0.25) is 0 Å². The minimum absolute atomic E-state index is 0.294. The van der Waals surface area contributed by atoms with Crippen LogP contribution in [0.3, 0.4) is 0 Å². The molecule has 0 aliphatic heterocycles. The fourth-order valence-electron chi connectivity index (χ4n) is 2.57. The predicted octanol–water partition coefficient (Wildman–Crippen LogP) is 5.36. The first-order chi connectivity index (χ1) is 14.0. The van der Waals surface area contributed by atoms with Crippen LogP contribution < -0.4 is 14.9 Å². The van der Waals surface area contributed by atoms with Gasteiger partial charge in [-0.3, -0.25) is 4.79 Å². The molecule has 0 atom stereocenters. The second-order valence-corrected chi connectivity index (χ2v) is 7.27. The van der Waals surface area contributed by atoms with Crippen LogP contribution in [0.25, 0.3) is 0 Å². The van der Waals surface area contributed by atoms with Gasteiger partial charge in [0.25, 0.3) is 5.91 Å². The Kier molecular flexibility index (Phi) is 6.95. The van der Waals surface area contributed by atoms with Crippen molar-refractivity contribution in [3.05, 3.63) is 80.7 Å². The number of nitrogens with one attached hydrogen (secondary N) is 1. The second kappa shape index (κ2) is 9.62. The Hall–Kier alpha value is -2.77. The van der Waals surface area contributed by atoms with Crippen molar-refractivity contribution < 1.29 is 18.7 Å². The topological polar surface area (TPSA) is 73.1 Å². The van der Waals surface area contributed by atoms with E-state index in [1.807, 2.05) is 30.3 Å². The van der Waals surface area contributed by atoms with Crippen molar-refractivity contribution in [2.75, 3.05) is 7.11 Å². The van der Waals surface area contributed by atoms with E-state index in [1.54, 1.807) is 26.2 Å². The standard InChI is InChI=1S/C21H18BrClN2O4/c1-13-16(7-8-28-13)21(26)25-24-11-14-9-17(22)20(19(10-14)27-2)29-12-15-5-3-4-6-18(15)23/h3-11H,12H2,1-2H3,(H,25,26)/b24-11+. The number of hydrazone groups is 1. The Labute approximate surface area is 181 Å². The molecule has 0 fully saturated rings. The fourth-order valence-corrected chi connectivity index (χ4v) is 3.33. The molecule has 29 heavy (non-hydrogen) atoms. The first kappa shape index (κ1) is 21.0. The molecule has 0 saturated heterocycles. The Morgan fingerprint density at radius 2 is 2.10 bits per heavy atom. The van der Waals surface area contributed by atoms with Gasteiger partial charge in [0, 0.05) is 10.6 Å². The summed E-state index contributed by atoms with van der Waals surface area (Å²) in [6.07, 6.45) is 2.97. The van der Waals surface area contributed by atoms with Crippen LogP contribution in [0.1, 0.15) is 27.2 Å². The number of amides is 1. The van der Waals surface area contributed by atoms with Crippen LogP contribution in [0, 0.1) is 6.92 Å². The van der Waals surface area contributed by atoms with Gasteiger partial charge >= 0.3 is 0 Å². The first-order valence-electron chi connectivity index (χ1n) is 8.61. The van der Waals surface area contributed by atoms with E-state index in [9.17, 15) is 4.79 Å². The number of ether oxygens (including phenoxy) is 2. The summed E-state index contributed by atoms with van der Waals surface area (Å²) in [5.74, 6) is 1.24. The molecule has 0 saturated carbocycles. The number of hydrogen-bond acceptors (Lipinski definition) is 5. The number of hydrogen-bond donors (Lipinski definition) is 1. The molecule has 0 radical (unpaired) electrons. The van der Waals surface area contributed by atoms with E-state index < -0.39 is 0 Å². The van der Waals surface area contributed by atoms with Crippen molar-refractivity contribution in [3.8, 4) is 11.5 Å². The maximum atomic E-state index is 12.1. The summed E-state index contributed by atoms with van der Waals surface area (Å²) in [6.45, 7) is 2.00. The summed E-state index contributed by atoms with van der Waals surface area (Å²) >= 11 is 9.67. The molecular weight excluding hydrogens is 460 g/mol. The Morgan fingerprint density at radius 1 is 1.31 bits per heavy atom. The maximum absolute atomic E-state index is 12.1. The van der Waals surface area contributed by atoms with Gasteiger partial charge < -0.3 is 13.9 Å². The lowest BCUT2D eigenvalue weighted by atomic mass is 10.2. The third kappa shape index (κ3) is 5.19. The van der Waals surface area contributed by atoms with Crippen molar-refractivity contribution in [2.24, 2.45) is 5.10 Å². The highest BCUT2D eigenvalue weighted by molar-refractivity contribution is 9.10. The van der Waals surface area contributed by atoms with E-state index in [4.69, 9.17) is 25.5 Å². The summed E-state index contributed by atoms with van der Waals surface area (Å²) in [5.41, 5.74) is 4.48. The zero-order valence-electron chi connectivity index (χ0n) is 15.7. The van der Waals surface area contributed by atoms with E-state index in [2.05, 4.69) is 26.5 Å². The zero-order chi connectivity index (χ0) is 20.8. The number of furan rings is 1. The summed E-state index contributed by atoms with van der Waals surface area (Å²) in [4.78, 5) is 12.1. The smallest absolute Gasteiger partial charge is 0.274 e. The van der Waals surface area contributed by atoms with Crippen LogP contribution in [-0.2, 0) is 6.61 Å². The van der Waals surface area contributed by atoms with Gasteiger partial charge in [-0.2, -0.15) is 5.10 Å². The molecule has 3 rings (SSSR count). The minimum atomic E-state index is -0.349. The van der Waals surface area contributed by atoms with Gasteiger partial charge in [-0.25, -0.2) is 5.43 Å². The van der Waals surface area contributed by atoms with Gasteiger partial charge in [0.05, 0.1) is 29.6 Å². The van der Waals surface area contributed by atoms with Crippen molar-refractivity contribution >= 4 is 39.7 Å². The van der Waals surface area contributed by atoms with Gasteiger partial charge in [-0.15, -0.1) is 0 Å². The Balaban J connectivity index is 1.71. The van der Waals surface area contributed by atoms with E-state index >= 15 is 0 Å². The number of rotatable bonds is 7. The summed E-state index contributed by atoms with van der Waals surface area (Å²) in [6, 6.07) is 12.6. The highest BCUT2D eigenvalue weighted by Gasteiger charge is 2.13. The molecule has 0 bridgehead atoms. The van der Waals surface area contributed by atoms with Crippen molar-refractivity contribution in [1.29, 1.82) is 0 Å². The molecule has 150 valence electrons. The molecule has 3 aromatic rings. The number of nitrogens with zero attached hydrogens (tertiary/aromatic N) is 1. The summed E-state index contributed by atoms with van der Waals surface area (Å²) in [7, 11) is 1.55. The molecule has 0 spiro atoms. The van der Waals surface area contributed by atoms with E-state index in [0.717, 1.165) is 5.56 Å². The second-order valence-electron chi connectivity index (χ2n) is 6.00. The van der Waals surface area contributed by atoms with Crippen LogP contribution in [-0.4, -0.2) is 19.2 Å². The van der Waals surface area contributed by atoms with Crippen LogP contribution in [0.2, 0.25) is 5.02 Å². The van der Waals surface area contributed by atoms with E-state index in [1.165, 1.54) is 12.5 Å². The largest absolute Gasteiger partial charge is 0.493 e. The Bertz CT molecular complexity index is 1050. The molecule has 0 unspecified atom stereocenters. The SMILES string of the molecule is COc1cc(/C=N/NC(=O)c2ccoc2C)cc(Br)c1OCc1ccccc1Cl. The molecule has 2 aromatic carbocycles. The minimum Gasteiger partial charge on any atom is -0.493 e. The Morgan fingerprint density at radius 3 is 2.79 bits per heavy atom. The molecule has 6 nitrogen and oxygen atoms in total. The van der Waals surface area contributed by atoms with Crippen LogP contribution in [0.15, 0.2) is 62.7 Å². The van der Waals surface area contributed by atoms with Gasteiger partial charge in [-0.1, -0.05) is 29.8 Å². The third-order valence-electron chi connectivity index (χ3n) is 4.06. The first-order valence-corrected chi connectivity index (χ1v) is 9.78. The molecule has 0 aliphatic rings. The van der Waals surface area contributed by atoms with E-state index in [-0.39, 0.29) is 5.91 Å². The van der Waals surface area contributed by atoms with E-state index in [0.29, 0.717) is 44.5 Å². The quantitative estimate of drug-likeness (QED) is 0.367. The third-order valence-corrected chi connectivity index (χ3v) is 5.02.